The number of carbonyl (C=O) groups excluding carboxylic acids is 1. The van der Waals surface area contributed by atoms with Crippen LogP contribution in [-0.2, 0) is 6.54 Å². The molecule has 1 heterocycles. The summed E-state index contributed by atoms with van der Waals surface area (Å²) in [6.45, 7) is 4.94. The predicted octanol–water partition coefficient (Wildman–Crippen LogP) is 5.82. The molecule has 0 saturated carbocycles. The van der Waals surface area contributed by atoms with E-state index in [2.05, 4.69) is 15.9 Å². The highest BCUT2D eigenvalue weighted by atomic mass is 79.9. The maximum absolute atomic E-state index is 13.5. The Morgan fingerprint density at radius 2 is 1.76 bits per heavy atom. The normalized spacial score (nSPS) is 12.0. The Morgan fingerprint density at radius 3 is 2.48 bits per heavy atom. The van der Waals surface area contributed by atoms with Crippen LogP contribution in [0.3, 0.4) is 0 Å². The van der Waals surface area contributed by atoms with E-state index in [1.165, 1.54) is 0 Å². The van der Waals surface area contributed by atoms with Gasteiger partial charge in [-0.3, -0.25) is 14.2 Å². The van der Waals surface area contributed by atoms with E-state index in [0.29, 0.717) is 35.4 Å². The lowest BCUT2D eigenvalue weighted by Crippen LogP contribution is -2.38. The monoisotopic (exact) mass is 503 g/mol. The summed E-state index contributed by atoms with van der Waals surface area (Å²) in [5.41, 5.74) is 2.14. The Kier molecular flexibility index (Phi) is 7.04. The second-order valence-corrected chi connectivity index (χ2v) is 8.96. The second-order valence-electron chi connectivity index (χ2n) is 8.05. The molecule has 0 fully saturated rings. The standard InChI is InChI=1S/C27H26BrN3O2/c1-3-16-30(26(32)21-12-9-13-22(28)17-21)19(2)25-29-24-15-8-7-14-23(24)27(33)31(25)18-20-10-5-4-6-11-20/h4-15,17,19H,3,16,18H2,1-2H3. The Balaban J connectivity index is 1.84. The summed E-state index contributed by atoms with van der Waals surface area (Å²) in [6.07, 6.45) is 0.792. The minimum atomic E-state index is -0.391. The van der Waals surface area contributed by atoms with Gasteiger partial charge in [0.05, 0.1) is 23.5 Å². The van der Waals surface area contributed by atoms with Gasteiger partial charge in [-0.05, 0) is 49.2 Å². The number of amides is 1. The Hall–Kier alpha value is -3.25. The Morgan fingerprint density at radius 1 is 1.03 bits per heavy atom. The zero-order chi connectivity index (χ0) is 23.4. The zero-order valence-corrected chi connectivity index (χ0v) is 20.3. The van der Waals surface area contributed by atoms with Gasteiger partial charge < -0.3 is 4.90 Å². The van der Waals surface area contributed by atoms with Gasteiger partial charge in [0.1, 0.15) is 5.82 Å². The third kappa shape index (κ3) is 4.91. The van der Waals surface area contributed by atoms with Crippen LogP contribution >= 0.6 is 15.9 Å². The molecule has 0 aliphatic heterocycles. The molecule has 4 rings (SSSR count). The van der Waals surface area contributed by atoms with Crippen LogP contribution in [0.25, 0.3) is 10.9 Å². The molecule has 168 valence electrons. The first-order valence-electron chi connectivity index (χ1n) is 11.1. The molecule has 1 aromatic heterocycles. The van der Waals surface area contributed by atoms with E-state index in [9.17, 15) is 9.59 Å². The van der Waals surface area contributed by atoms with Crippen molar-refractivity contribution < 1.29 is 4.79 Å². The van der Waals surface area contributed by atoms with Crippen LogP contribution in [0.15, 0.2) is 88.1 Å². The van der Waals surface area contributed by atoms with E-state index in [4.69, 9.17) is 4.98 Å². The molecule has 1 atom stereocenters. The van der Waals surface area contributed by atoms with E-state index in [-0.39, 0.29) is 11.5 Å². The summed E-state index contributed by atoms with van der Waals surface area (Å²) >= 11 is 3.46. The van der Waals surface area contributed by atoms with Crippen LogP contribution in [-0.4, -0.2) is 26.9 Å². The minimum Gasteiger partial charge on any atom is -0.329 e. The molecule has 33 heavy (non-hydrogen) atoms. The van der Waals surface area contributed by atoms with Gasteiger partial charge in [0.2, 0.25) is 0 Å². The molecule has 1 amide bonds. The van der Waals surface area contributed by atoms with Crippen LogP contribution in [0, 0.1) is 0 Å². The number of para-hydroxylation sites is 1. The molecule has 0 aliphatic rings. The van der Waals surface area contributed by atoms with Crippen molar-refractivity contribution in [1.29, 1.82) is 0 Å². The lowest BCUT2D eigenvalue weighted by atomic mass is 10.1. The van der Waals surface area contributed by atoms with Crippen molar-refractivity contribution in [2.75, 3.05) is 6.54 Å². The molecular formula is C27H26BrN3O2. The molecule has 0 bridgehead atoms. The number of nitrogens with zero attached hydrogens (tertiary/aromatic N) is 3. The van der Waals surface area contributed by atoms with E-state index in [1.54, 1.807) is 15.5 Å². The lowest BCUT2D eigenvalue weighted by Gasteiger charge is -2.30. The van der Waals surface area contributed by atoms with E-state index in [1.807, 2.05) is 86.6 Å². The molecule has 0 spiro atoms. The second kappa shape index (κ2) is 10.1. The molecule has 0 saturated heterocycles. The number of fused-ring (bicyclic) bond motifs is 1. The fourth-order valence-corrected chi connectivity index (χ4v) is 4.46. The summed E-state index contributed by atoms with van der Waals surface area (Å²) in [4.78, 5) is 33.7. The number of hydrogen-bond acceptors (Lipinski definition) is 3. The van der Waals surface area contributed by atoms with Gasteiger partial charge in [-0.1, -0.05) is 71.4 Å². The van der Waals surface area contributed by atoms with Gasteiger partial charge in [-0.2, -0.15) is 0 Å². The molecule has 6 heteroatoms. The number of hydrogen-bond donors (Lipinski definition) is 0. The number of benzene rings is 3. The number of carbonyl (C=O) groups is 1. The van der Waals surface area contributed by atoms with Gasteiger partial charge in [0.25, 0.3) is 11.5 Å². The van der Waals surface area contributed by atoms with Crippen molar-refractivity contribution in [1.82, 2.24) is 14.5 Å². The Bertz CT molecular complexity index is 1330. The van der Waals surface area contributed by atoms with Crippen molar-refractivity contribution in [3.8, 4) is 0 Å². The highest BCUT2D eigenvalue weighted by Crippen LogP contribution is 2.24. The van der Waals surface area contributed by atoms with Crippen molar-refractivity contribution in [2.24, 2.45) is 0 Å². The molecule has 0 N–H and O–H groups in total. The number of halogens is 1. The van der Waals surface area contributed by atoms with Crippen molar-refractivity contribution in [3.05, 3.63) is 111 Å². The summed E-state index contributed by atoms with van der Waals surface area (Å²) in [6, 6.07) is 24.2. The Labute approximate surface area is 201 Å². The van der Waals surface area contributed by atoms with Gasteiger partial charge in [-0.25, -0.2) is 4.98 Å². The van der Waals surface area contributed by atoms with Gasteiger partial charge in [-0.15, -0.1) is 0 Å². The maximum Gasteiger partial charge on any atom is 0.261 e. The fraction of sp³-hybridized carbons (Fsp3) is 0.222. The molecule has 0 radical (unpaired) electrons. The van der Waals surface area contributed by atoms with Crippen LogP contribution in [0.2, 0.25) is 0 Å². The van der Waals surface area contributed by atoms with Crippen LogP contribution in [0.5, 0.6) is 0 Å². The van der Waals surface area contributed by atoms with Gasteiger partial charge in [0.15, 0.2) is 0 Å². The molecular weight excluding hydrogens is 478 g/mol. The van der Waals surface area contributed by atoms with Crippen molar-refractivity contribution in [2.45, 2.75) is 32.9 Å². The first-order chi connectivity index (χ1) is 16.0. The summed E-state index contributed by atoms with van der Waals surface area (Å²) in [5.74, 6) is 0.499. The summed E-state index contributed by atoms with van der Waals surface area (Å²) in [7, 11) is 0. The van der Waals surface area contributed by atoms with Gasteiger partial charge in [0, 0.05) is 16.6 Å². The number of rotatable bonds is 7. The first kappa shape index (κ1) is 22.9. The van der Waals surface area contributed by atoms with Crippen LogP contribution < -0.4 is 5.56 Å². The van der Waals surface area contributed by atoms with Gasteiger partial charge >= 0.3 is 0 Å². The fourth-order valence-electron chi connectivity index (χ4n) is 4.06. The SMILES string of the molecule is CCCN(C(=O)c1cccc(Br)c1)C(C)c1nc2ccccc2c(=O)n1Cc1ccccc1. The highest BCUT2D eigenvalue weighted by molar-refractivity contribution is 9.10. The van der Waals surface area contributed by atoms with E-state index in [0.717, 1.165) is 16.5 Å². The minimum absolute atomic E-state index is 0.0840. The smallest absolute Gasteiger partial charge is 0.261 e. The maximum atomic E-state index is 13.5. The predicted molar refractivity (Wildman–Crippen MR) is 135 cm³/mol. The largest absolute Gasteiger partial charge is 0.329 e. The summed E-state index contributed by atoms with van der Waals surface area (Å²) in [5, 5.41) is 0.574. The average molecular weight is 504 g/mol. The average Bonchev–Trinajstić information content (AvgIpc) is 2.84. The molecule has 3 aromatic carbocycles. The van der Waals surface area contributed by atoms with Crippen molar-refractivity contribution >= 4 is 32.7 Å². The zero-order valence-electron chi connectivity index (χ0n) is 18.7. The van der Waals surface area contributed by atoms with Crippen molar-refractivity contribution in [3.63, 3.8) is 0 Å². The molecule has 0 aliphatic carbocycles. The highest BCUT2D eigenvalue weighted by Gasteiger charge is 2.26. The summed E-state index contributed by atoms with van der Waals surface area (Å²) < 4.78 is 2.56. The van der Waals surface area contributed by atoms with Crippen LogP contribution in [0.1, 0.15) is 48.1 Å². The lowest BCUT2D eigenvalue weighted by molar-refractivity contribution is 0.0679. The molecule has 4 aromatic rings. The van der Waals surface area contributed by atoms with E-state index >= 15 is 0 Å². The topological polar surface area (TPSA) is 55.2 Å². The molecule has 1 unspecified atom stereocenters. The first-order valence-corrected chi connectivity index (χ1v) is 11.9. The van der Waals surface area contributed by atoms with Crippen LogP contribution in [0.4, 0.5) is 0 Å². The molecule has 5 nitrogen and oxygen atoms in total. The van der Waals surface area contributed by atoms with E-state index < -0.39 is 6.04 Å². The number of aromatic nitrogens is 2. The third-order valence-electron chi connectivity index (χ3n) is 5.71. The third-order valence-corrected chi connectivity index (χ3v) is 6.21. The quantitative estimate of drug-likeness (QED) is 0.319.